The van der Waals surface area contributed by atoms with Gasteiger partial charge < -0.3 is 9.05 Å². The Hall–Kier alpha value is -0.560. The van der Waals surface area contributed by atoms with Crippen LogP contribution in [0.25, 0.3) is 0 Å². The van der Waals surface area contributed by atoms with E-state index in [9.17, 15) is 22.1 Å². The maximum Gasteiger partial charge on any atom is 0.399 e. The summed E-state index contributed by atoms with van der Waals surface area (Å²) in [6.07, 6.45) is 0.229. The van der Waals surface area contributed by atoms with Crippen LogP contribution in [0.2, 0.25) is 0 Å². The van der Waals surface area contributed by atoms with E-state index >= 15 is 0 Å². The first-order valence-electron chi connectivity index (χ1n) is 8.51. The molecule has 0 N–H and O–H groups in total. The fourth-order valence-corrected chi connectivity index (χ4v) is 6.30. The van der Waals surface area contributed by atoms with E-state index in [0.29, 0.717) is 24.0 Å². The van der Waals surface area contributed by atoms with Crippen molar-refractivity contribution >= 4 is 19.4 Å². The normalized spacial score (nSPS) is 21.3. The average molecular weight is 414 g/mol. The summed E-state index contributed by atoms with van der Waals surface area (Å²) in [6, 6.07) is 2.25. The minimum atomic E-state index is -4.56. The van der Waals surface area contributed by atoms with E-state index in [1.165, 1.54) is 38.6 Å². The van der Waals surface area contributed by atoms with Gasteiger partial charge in [0, 0.05) is 28.6 Å². The van der Waals surface area contributed by atoms with Crippen molar-refractivity contribution in [3.63, 3.8) is 0 Å². The topological polar surface area (TPSA) is 35.5 Å². The smallest absolute Gasteiger partial charge is 0.305 e. The molecule has 2 rings (SSSR count). The molecular weight excluding hydrogens is 391 g/mol. The zero-order valence-corrected chi connectivity index (χ0v) is 16.6. The molecule has 0 aliphatic carbocycles. The highest BCUT2D eigenvalue weighted by Gasteiger charge is 2.54. The summed E-state index contributed by atoms with van der Waals surface area (Å²) in [7, 11) is -4.56. The monoisotopic (exact) mass is 414 g/mol. The second-order valence-electron chi connectivity index (χ2n) is 6.15. The zero-order valence-electron chi connectivity index (χ0n) is 14.9. The van der Waals surface area contributed by atoms with Gasteiger partial charge >= 0.3 is 13.3 Å². The summed E-state index contributed by atoms with van der Waals surface area (Å²) in [5.41, 5.74) is -2.99. The van der Waals surface area contributed by atoms with Crippen LogP contribution >= 0.6 is 19.4 Å². The lowest BCUT2D eigenvalue weighted by Gasteiger charge is -2.27. The largest absolute Gasteiger partial charge is 0.399 e. The van der Waals surface area contributed by atoms with Crippen LogP contribution in [0.4, 0.5) is 17.6 Å². The minimum Gasteiger partial charge on any atom is -0.305 e. The molecule has 26 heavy (non-hydrogen) atoms. The molecule has 0 spiro atoms. The summed E-state index contributed by atoms with van der Waals surface area (Å²) in [4.78, 5) is 0. The van der Waals surface area contributed by atoms with E-state index in [2.05, 4.69) is 0 Å². The van der Waals surface area contributed by atoms with Gasteiger partial charge in [0.1, 0.15) is 11.6 Å². The summed E-state index contributed by atoms with van der Waals surface area (Å²) < 4.78 is 78.6. The van der Waals surface area contributed by atoms with Crippen LogP contribution in [-0.2, 0) is 13.6 Å². The predicted octanol–water partition coefficient (Wildman–Crippen LogP) is 6.46. The Labute approximate surface area is 155 Å². The first-order valence-corrected chi connectivity index (χ1v) is 11.0. The molecule has 0 saturated carbocycles. The Morgan fingerprint density at radius 2 is 1.77 bits per heavy atom. The molecule has 1 aromatic rings. The molecule has 0 amide bonds. The molecule has 0 bridgehead atoms. The van der Waals surface area contributed by atoms with Crippen molar-refractivity contribution in [1.29, 1.82) is 0 Å². The Morgan fingerprint density at radius 1 is 1.15 bits per heavy atom. The minimum absolute atomic E-state index is 0.145. The van der Waals surface area contributed by atoms with Crippen LogP contribution in [-0.4, -0.2) is 24.1 Å². The second-order valence-corrected chi connectivity index (χ2v) is 9.82. The lowest BCUT2D eigenvalue weighted by molar-refractivity contribution is 0.0313. The fraction of sp³-hybridized carbons (Fsp3) is 0.647. The molecule has 9 heteroatoms. The third-order valence-corrected chi connectivity index (χ3v) is 7.99. The zero-order chi connectivity index (χ0) is 19.5. The third kappa shape index (κ3) is 4.64. The Kier molecular flexibility index (Phi) is 7.22. The van der Waals surface area contributed by atoms with Gasteiger partial charge in [0.05, 0.1) is 13.2 Å². The van der Waals surface area contributed by atoms with Crippen LogP contribution in [0.15, 0.2) is 12.1 Å². The molecule has 148 valence electrons. The second kappa shape index (κ2) is 8.63. The number of hydrogen-bond acceptors (Lipinski definition) is 4. The van der Waals surface area contributed by atoms with Crippen molar-refractivity contribution in [3.05, 3.63) is 34.9 Å². The maximum atomic E-state index is 14.6. The fourth-order valence-electron chi connectivity index (χ4n) is 2.96. The number of halogens is 4. The third-order valence-electron chi connectivity index (χ3n) is 4.20. The molecule has 1 aliphatic rings. The first kappa shape index (κ1) is 21.7. The number of thioether (sulfide) groups is 1. The van der Waals surface area contributed by atoms with Crippen LogP contribution in [0.3, 0.4) is 0 Å². The highest BCUT2D eigenvalue weighted by atomic mass is 32.2. The molecule has 0 radical (unpaired) electrons. The number of aryl methyl sites for hydroxylation is 1. The van der Waals surface area contributed by atoms with Gasteiger partial charge in [-0.1, -0.05) is 0 Å². The number of alkyl halides is 2. The van der Waals surface area contributed by atoms with Crippen molar-refractivity contribution in [3.8, 4) is 0 Å². The molecule has 1 heterocycles. The molecule has 1 saturated heterocycles. The summed E-state index contributed by atoms with van der Waals surface area (Å²) in [5.74, 6) is -1.31. The number of benzene rings is 1. The SMILES string of the molecule is CCOP(=O)(OCC)C(F)(F)CC1CCC(c2cc(C)c(F)cc2F)S1. The van der Waals surface area contributed by atoms with Crippen LogP contribution in [0, 0.1) is 18.6 Å². The summed E-state index contributed by atoms with van der Waals surface area (Å²) in [5, 5.41) is -0.859. The van der Waals surface area contributed by atoms with Crippen molar-refractivity contribution in [2.75, 3.05) is 13.2 Å². The predicted molar refractivity (Wildman–Crippen MR) is 94.9 cm³/mol. The average Bonchev–Trinajstić information content (AvgIpc) is 2.98. The van der Waals surface area contributed by atoms with Gasteiger partial charge in [0.25, 0.3) is 0 Å². The molecular formula is C17H23F4O3PS. The van der Waals surface area contributed by atoms with E-state index in [0.717, 1.165) is 6.07 Å². The molecule has 1 fully saturated rings. The lowest BCUT2D eigenvalue weighted by Crippen LogP contribution is -2.24. The highest BCUT2D eigenvalue weighted by Crippen LogP contribution is 2.65. The summed E-state index contributed by atoms with van der Waals surface area (Å²) >= 11 is 1.20. The van der Waals surface area contributed by atoms with E-state index in [1.54, 1.807) is 0 Å². The van der Waals surface area contributed by atoms with E-state index < -0.39 is 36.6 Å². The van der Waals surface area contributed by atoms with Gasteiger partial charge in [-0.3, -0.25) is 4.57 Å². The quantitative estimate of drug-likeness (QED) is 0.361. The Morgan fingerprint density at radius 3 is 2.35 bits per heavy atom. The molecule has 1 aromatic carbocycles. The van der Waals surface area contributed by atoms with E-state index in [1.807, 2.05) is 0 Å². The van der Waals surface area contributed by atoms with E-state index in [4.69, 9.17) is 9.05 Å². The summed E-state index contributed by atoms with van der Waals surface area (Å²) in [6.45, 7) is 4.19. The lowest BCUT2D eigenvalue weighted by atomic mass is 10.0. The number of rotatable bonds is 8. The maximum absolute atomic E-state index is 14.6. The Bertz CT molecular complexity index is 676. The molecule has 1 aliphatic heterocycles. The van der Waals surface area contributed by atoms with Gasteiger partial charge in [-0.15, -0.1) is 11.8 Å². The molecule has 2 atom stereocenters. The van der Waals surface area contributed by atoms with Gasteiger partial charge in [-0.05, 0) is 45.2 Å². The highest BCUT2D eigenvalue weighted by molar-refractivity contribution is 8.00. The standard InChI is InChI=1S/C17H23F4O3PS/c1-4-23-25(22,24-5-2)17(20,21)10-12-6-7-16(26-12)13-8-11(3)14(18)9-15(13)19/h8-9,12,16H,4-7,10H2,1-3H3. The van der Waals surface area contributed by atoms with Crippen LogP contribution in [0.5, 0.6) is 0 Å². The van der Waals surface area contributed by atoms with Gasteiger partial charge in [-0.25, -0.2) is 8.78 Å². The van der Waals surface area contributed by atoms with E-state index in [-0.39, 0.29) is 18.5 Å². The molecule has 0 aromatic heterocycles. The number of hydrogen-bond donors (Lipinski definition) is 0. The molecule has 2 unspecified atom stereocenters. The first-order chi connectivity index (χ1) is 12.1. The van der Waals surface area contributed by atoms with Gasteiger partial charge in [0.2, 0.25) is 0 Å². The van der Waals surface area contributed by atoms with Gasteiger partial charge in [-0.2, -0.15) is 8.78 Å². The van der Waals surface area contributed by atoms with Crippen molar-refractivity contribution in [2.45, 2.75) is 56.2 Å². The molecule has 3 nitrogen and oxygen atoms in total. The van der Waals surface area contributed by atoms with Crippen molar-refractivity contribution in [2.24, 2.45) is 0 Å². The van der Waals surface area contributed by atoms with Crippen LogP contribution < -0.4 is 0 Å². The van der Waals surface area contributed by atoms with Gasteiger partial charge in [0.15, 0.2) is 0 Å². The van der Waals surface area contributed by atoms with Crippen molar-refractivity contribution in [1.82, 2.24) is 0 Å². The van der Waals surface area contributed by atoms with Crippen molar-refractivity contribution < 1.29 is 31.2 Å². The Balaban J connectivity index is 2.11. The van der Waals surface area contributed by atoms with Crippen LogP contribution in [0.1, 0.15) is 49.5 Å².